The minimum Gasteiger partial charge on any atom is -0.315 e. The molecule has 132 valence electrons. The molecule has 0 saturated heterocycles. The average Bonchev–Trinajstić information content (AvgIpc) is 3.23. The van der Waals surface area contributed by atoms with Crippen molar-refractivity contribution in [2.24, 2.45) is 7.05 Å². The molecule has 9 heteroatoms. The van der Waals surface area contributed by atoms with Crippen LogP contribution in [0.1, 0.15) is 5.01 Å². The Kier molecular flexibility index (Phi) is 4.31. The molecule has 0 saturated carbocycles. The van der Waals surface area contributed by atoms with Crippen molar-refractivity contribution in [1.29, 1.82) is 0 Å². The van der Waals surface area contributed by atoms with Gasteiger partial charge in [0.1, 0.15) is 10.8 Å². The van der Waals surface area contributed by atoms with Crippen LogP contribution in [0.4, 0.5) is 10.9 Å². The first-order valence-corrected chi connectivity index (χ1v) is 8.88. The van der Waals surface area contributed by atoms with Crippen LogP contribution in [0.5, 0.6) is 0 Å². The lowest BCUT2D eigenvalue weighted by atomic mass is 10.1. The fraction of sp³-hybridized carbons (Fsp3) is 0.235. The summed E-state index contributed by atoms with van der Waals surface area (Å²) >= 11 is 1.52. The molecule has 4 rings (SSSR count). The highest BCUT2D eigenvalue weighted by molar-refractivity contribution is 7.15. The monoisotopic (exact) mass is 366 g/mol. The van der Waals surface area contributed by atoms with Gasteiger partial charge in [-0.3, -0.25) is 9.67 Å². The third-order valence-corrected chi connectivity index (χ3v) is 4.55. The maximum Gasteiger partial charge on any atom is 0.211 e. The second kappa shape index (κ2) is 6.77. The van der Waals surface area contributed by atoms with E-state index in [1.165, 1.54) is 11.3 Å². The van der Waals surface area contributed by atoms with Gasteiger partial charge in [-0.25, -0.2) is 4.98 Å². The number of anilines is 2. The first-order valence-electron chi connectivity index (χ1n) is 8.07. The smallest absolute Gasteiger partial charge is 0.211 e. The van der Waals surface area contributed by atoms with Gasteiger partial charge in [-0.05, 0) is 32.3 Å². The molecule has 0 radical (unpaired) electrons. The normalized spacial score (nSPS) is 11.4. The quantitative estimate of drug-likeness (QED) is 0.581. The third-order valence-electron chi connectivity index (χ3n) is 3.73. The van der Waals surface area contributed by atoms with Crippen LogP contribution in [-0.4, -0.2) is 48.9 Å². The number of hydrogen-bond acceptors (Lipinski definition) is 8. The van der Waals surface area contributed by atoms with Crippen LogP contribution in [0.15, 0.2) is 36.8 Å². The molecule has 8 nitrogen and oxygen atoms in total. The minimum absolute atomic E-state index is 0.718. The molecule has 0 aliphatic heterocycles. The largest absolute Gasteiger partial charge is 0.315 e. The Hall–Kier alpha value is -2.91. The van der Waals surface area contributed by atoms with Gasteiger partial charge in [0.25, 0.3) is 0 Å². The number of pyridine rings is 2. The lowest BCUT2D eigenvalue weighted by molar-refractivity contribution is 0.400. The standard InChI is InChI=1S/C17H18N8S/c1-24(2)10-16-22-23-17(26-16)21-15-5-4-13-14(20-15)6-11(7-18-13)12-8-19-25(3)9-12/h4-9H,10H2,1-3H3,(H,20,21,23). The van der Waals surface area contributed by atoms with Crippen molar-refractivity contribution in [2.45, 2.75) is 6.54 Å². The number of rotatable bonds is 5. The zero-order valence-corrected chi connectivity index (χ0v) is 15.5. The molecule has 4 aromatic rings. The highest BCUT2D eigenvalue weighted by atomic mass is 32.1. The van der Waals surface area contributed by atoms with Gasteiger partial charge in [-0.1, -0.05) is 11.3 Å². The van der Waals surface area contributed by atoms with Crippen molar-refractivity contribution in [3.05, 3.63) is 41.8 Å². The van der Waals surface area contributed by atoms with E-state index in [1.54, 1.807) is 4.68 Å². The van der Waals surface area contributed by atoms with Gasteiger partial charge in [0.05, 0.1) is 23.8 Å². The highest BCUT2D eigenvalue weighted by Crippen LogP contribution is 2.24. The molecule has 0 spiro atoms. The van der Waals surface area contributed by atoms with Crippen LogP contribution in [0.2, 0.25) is 0 Å². The molecule has 0 bridgehead atoms. The van der Waals surface area contributed by atoms with Crippen molar-refractivity contribution < 1.29 is 0 Å². The molecule has 26 heavy (non-hydrogen) atoms. The molecule has 1 N–H and O–H groups in total. The van der Waals surface area contributed by atoms with Gasteiger partial charge in [-0.2, -0.15) is 5.10 Å². The summed E-state index contributed by atoms with van der Waals surface area (Å²) in [5, 5.41) is 17.5. The molecular weight excluding hydrogens is 348 g/mol. The summed E-state index contributed by atoms with van der Waals surface area (Å²) in [4.78, 5) is 11.2. The SMILES string of the molecule is CN(C)Cc1nnc(Nc2ccc3ncc(-c4cnn(C)c4)cc3n2)s1. The number of hydrogen-bond donors (Lipinski definition) is 1. The van der Waals surface area contributed by atoms with Crippen LogP contribution in [0.25, 0.3) is 22.2 Å². The Morgan fingerprint density at radius 1 is 1.12 bits per heavy atom. The lowest BCUT2D eigenvalue weighted by Crippen LogP contribution is -2.10. The summed E-state index contributed by atoms with van der Waals surface area (Å²) in [5.74, 6) is 0.718. The first-order chi connectivity index (χ1) is 12.6. The van der Waals surface area contributed by atoms with E-state index in [1.807, 2.05) is 57.9 Å². The molecule has 0 aliphatic carbocycles. The second-order valence-electron chi connectivity index (χ2n) is 6.23. The van der Waals surface area contributed by atoms with Crippen molar-refractivity contribution in [2.75, 3.05) is 19.4 Å². The van der Waals surface area contributed by atoms with E-state index in [9.17, 15) is 0 Å². The van der Waals surface area contributed by atoms with Gasteiger partial charge < -0.3 is 10.2 Å². The van der Waals surface area contributed by atoms with Gasteiger partial charge in [0, 0.05) is 30.6 Å². The molecule has 0 aliphatic rings. The van der Waals surface area contributed by atoms with E-state index < -0.39 is 0 Å². The van der Waals surface area contributed by atoms with E-state index in [2.05, 4.69) is 35.5 Å². The lowest BCUT2D eigenvalue weighted by Gasteiger charge is -2.05. The van der Waals surface area contributed by atoms with Crippen molar-refractivity contribution in [3.8, 4) is 11.1 Å². The molecule has 0 fully saturated rings. The summed E-state index contributed by atoms with van der Waals surface area (Å²) in [6.07, 6.45) is 5.61. The van der Waals surface area contributed by atoms with Crippen LogP contribution >= 0.6 is 11.3 Å². The molecule has 4 aromatic heterocycles. The Labute approximate surface area is 154 Å². The number of nitrogens with one attached hydrogen (secondary N) is 1. The molecule has 4 heterocycles. The van der Waals surface area contributed by atoms with Crippen molar-refractivity contribution in [3.63, 3.8) is 0 Å². The van der Waals surface area contributed by atoms with Crippen molar-refractivity contribution in [1.82, 2.24) is 34.8 Å². The summed E-state index contributed by atoms with van der Waals surface area (Å²) in [6.45, 7) is 0.767. The van der Waals surface area contributed by atoms with E-state index in [0.29, 0.717) is 0 Å². The van der Waals surface area contributed by atoms with E-state index in [0.717, 1.165) is 44.7 Å². The fourth-order valence-corrected chi connectivity index (χ4v) is 3.42. The van der Waals surface area contributed by atoms with Crippen LogP contribution in [0, 0.1) is 0 Å². The van der Waals surface area contributed by atoms with Crippen LogP contribution in [0.3, 0.4) is 0 Å². The second-order valence-corrected chi connectivity index (χ2v) is 7.29. The van der Waals surface area contributed by atoms with Gasteiger partial charge in [-0.15, -0.1) is 10.2 Å². The average molecular weight is 366 g/mol. The first kappa shape index (κ1) is 16.6. The van der Waals surface area contributed by atoms with E-state index >= 15 is 0 Å². The Morgan fingerprint density at radius 2 is 2.00 bits per heavy atom. The topological polar surface area (TPSA) is 84.7 Å². The summed E-state index contributed by atoms with van der Waals surface area (Å²) in [7, 11) is 5.91. The molecule has 0 unspecified atom stereocenters. The molecule has 0 atom stereocenters. The minimum atomic E-state index is 0.718. The number of fused-ring (bicyclic) bond motifs is 1. The zero-order valence-electron chi connectivity index (χ0n) is 14.7. The fourth-order valence-electron chi connectivity index (χ4n) is 2.55. The maximum atomic E-state index is 4.66. The maximum absolute atomic E-state index is 4.66. The van der Waals surface area contributed by atoms with Crippen LogP contribution < -0.4 is 5.32 Å². The van der Waals surface area contributed by atoms with Crippen LogP contribution in [-0.2, 0) is 13.6 Å². The molecule has 0 amide bonds. The van der Waals surface area contributed by atoms with E-state index in [-0.39, 0.29) is 0 Å². The predicted octanol–water partition coefficient (Wildman–Crippen LogP) is 2.69. The Morgan fingerprint density at radius 3 is 2.77 bits per heavy atom. The number of nitrogens with zero attached hydrogens (tertiary/aromatic N) is 7. The van der Waals surface area contributed by atoms with E-state index in [4.69, 9.17) is 0 Å². The van der Waals surface area contributed by atoms with Gasteiger partial charge in [0.15, 0.2) is 0 Å². The molecule has 0 aromatic carbocycles. The molecular formula is C17H18N8S. The zero-order chi connectivity index (χ0) is 18.1. The third kappa shape index (κ3) is 3.53. The Bertz CT molecular complexity index is 1050. The summed E-state index contributed by atoms with van der Waals surface area (Å²) in [6, 6.07) is 5.85. The highest BCUT2D eigenvalue weighted by Gasteiger charge is 2.08. The summed E-state index contributed by atoms with van der Waals surface area (Å²) in [5.41, 5.74) is 3.65. The number of aryl methyl sites for hydroxylation is 1. The predicted molar refractivity (Wildman–Crippen MR) is 102 cm³/mol. The van der Waals surface area contributed by atoms with Crippen molar-refractivity contribution >= 4 is 33.3 Å². The number of aromatic nitrogens is 6. The summed E-state index contributed by atoms with van der Waals surface area (Å²) < 4.78 is 1.77. The van der Waals surface area contributed by atoms with Gasteiger partial charge in [0.2, 0.25) is 5.13 Å². The Balaban J connectivity index is 1.60. The van der Waals surface area contributed by atoms with Gasteiger partial charge >= 0.3 is 0 Å².